The number of aliphatic hydroxyl groups is 1. The average molecular weight is 593 g/mol. The van der Waals surface area contributed by atoms with E-state index in [4.69, 9.17) is 4.74 Å². The van der Waals surface area contributed by atoms with Gasteiger partial charge >= 0.3 is 5.97 Å². The zero-order chi connectivity index (χ0) is 24.2. The number of phenols is 1. The Morgan fingerprint density at radius 2 is 1.78 bits per heavy atom. The van der Waals surface area contributed by atoms with Crippen molar-refractivity contribution in [2.45, 2.75) is 38.6 Å². The fraction of sp³-hybridized carbons (Fsp3) is 0.333. The van der Waals surface area contributed by atoms with Gasteiger partial charge in [-0.2, -0.15) is 0 Å². The maximum atomic E-state index is 12.6. The highest BCUT2D eigenvalue weighted by Gasteiger charge is 2.25. The van der Waals surface area contributed by atoms with Crippen molar-refractivity contribution in [2.75, 3.05) is 0 Å². The number of ether oxygens (including phenoxy) is 1. The number of carboxylic acid groups (broad SMARTS) is 1. The van der Waals surface area contributed by atoms with Gasteiger partial charge in [0.05, 0.1) is 23.0 Å². The first-order chi connectivity index (χ1) is 14.9. The van der Waals surface area contributed by atoms with E-state index in [9.17, 15) is 29.5 Å². The van der Waals surface area contributed by atoms with Gasteiger partial charge in [0.25, 0.3) is 5.91 Å². The predicted molar refractivity (Wildman–Crippen MR) is 128 cm³/mol. The van der Waals surface area contributed by atoms with Crippen molar-refractivity contribution in [3.05, 3.63) is 50.4 Å². The van der Waals surface area contributed by atoms with E-state index in [0.717, 1.165) is 0 Å². The maximum absolute atomic E-state index is 12.6. The molecule has 3 unspecified atom stereocenters. The summed E-state index contributed by atoms with van der Waals surface area (Å²) in [6.07, 6.45) is 0.235. The van der Waals surface area contributed by atoms with Gasteiger partial charge in [0.1, 0.15) is 22.9 Å². The van der Waals surface area contributed by atoms with Crippen LogP contribution in [0, 0.1) is 5.92 Å². The Bertz CT molecular complexity index is 1020. The highest BCUT2D eigenvalue weighted by molar-refractivity contribution is 9.11. The molecule has 174 valence electrons. The number of carbonyl (C=O) groups is 2. The number of hydrogen-bond donors (Lipinski definition) is 4. The molecule has 0 radical (unpaired) electrons. The molecule has 0 saturated heterocycles. The topological polar surface area (TPSA) is 133 Å². The van der Waals surface area contributed by atoms with Gasteiger partial charge in [0.15, 0.2) is 5.75 Å². The third kappa shape index (κ3) is 6.57. The summed E-state index contributed by atoms with van der Waals surface area (Å²) in [4.78, 5) is 24.1. The number of phenolic OH excluding ortho intramolecular Hbond substituents is 1. The molecule has 3 atom stereocenters. The van der Waals surface area contributed by atoms with E-state index in [0.29, 0.717) is 20.3 Å². The van der Waals surface area contributed by atoms with Crippen LogP contribution in [0.4, 0.5) is 0 Å². The summed E-state index contributed by atoms with van der Waals surface area (Å²) in [6, 6.07) is 6.05. The Hall–Kier alpha value is -1.87. The number of halogens is 2. The largest absolute Gasteiger partial charge is 0.507 e. The second kappa shape index (κ2) is 10.8. The number of amides is 1. The quantitative estimate of drug-likeness (QED) is 0.306. The average Bonchev–Trinajstić information content (AvgIpc) is 2.70. The van der Waals surface area contributed by atoms with Crippen LogP contribution < -0.4 is 10.1 Å². The van der Waals surface area contributed by atoms with Crippen LogP contribution in [-0.4, -0.2) is 33.2 Å². The van der Waals surface area contributed by atoms with Gasteiger partial charge < -0.3 is 29.9 Å². The predicted octanol–water partition coefficient (Wildman–Crippen LogP) is 4.86. The van der Waals surface area contributed by atoms with Gasteiger partial charge in [-0.25, -0.2) is 4.79 Å². The third-order valence-electron chi connectivity index (χ3n) is 4.56. The monoisotopic (exact) mass is 591 g/mol. The molecule has 1 amide bonds. The number of carbonyl (C=O) groups excluding carboxylic acids is 1. The van der Waals surface area contributed by atoms with Crippen molar-refractivity contribution in [3.8, 4) is 17.2 Å². The lowest BCUT2D eigenvalue weighted by atomic mass is 10.0. The van der Waals surface area contributed by atoms with Crippen LogP contribution in [0.5, 0.6) is 17.2 Å². The SMILES string of the molecule is CC(C)CC(NC(=O)c1cc(Oc2c(Br)cc(C(C)(O)[PH2]=O)cc2Br)ccc1O)C(=O)O. The molecule has 0 spiro atoms. The molecule has 0 aromatic heterocycles. The number of aliphatic carboxylic acids is 1. The van der Waals surface area contributed by atoms with Crippen LogP contribution >= 0.6 is 40.3 Å². The third-order valence-corrected chi connectivity index (χ3v) is 6.53. The van der Waals surface area contributed by atoms with Gasteiger partial charge in [-0.15, -0.1) is 0 Å². The van der Waals surface area contributed by atoms with Crippen LogP contribution in [0.3, 0.4) is 0 Å². The number of benzene rings is 2. The highest BCUT2D eigenvalue weighted by Crippen LogP contribution is 2.42. The molecule has 0 bridgehead atoms. The molecule has 11 heteroatoms. The lowest BCUT2D eigenvalue weighted by Gasteiger charge is -2.20. The van der Waals surface area contributed by atoms with Crippen LogP contribution in [-0.2, 0) is 14.7 Å². The molecule has 2 rings (SSSR count). The minimum absolute atomic E-state index is 0.0429. The van der Waals surface area contributed by atoms with E-state index >= 15 is 0 Å². The lowest BCUT2D eigenvalue weighted by Crippen LogP contribution is -2.41. The van der Waals surface area contributed by atoms with Gasteiger partial charge in [-0.1, -0.05) is 13.8 Å². The van der Waals surface area contributed by atoms with Crippen molar-refractivity contribution < 1.29 is 34.2 Å². The fourth-order valence-corrected chi connectivity index (χ4v) is 4.48. The van der Waals surface area contributed by atoms with Crippen LogP contribution in [0.25, 0.3) is 0 Å². The summed E-state index contributed by atoms with van der Waals surface area (Å²) in [6.45, 7) is 5.12. The molecule has 0 heterocycles. The van der Waals surface area contributed by atoms with Crippen LogP contribution in [0.15, 0.2) is 39.3 Å². The van der Waals surface area contributed by atoms with Gasteiger partial charge in [0, 0.05) is 0 Å². The van der Waals surface area contributed by atoms with E-state index < -0.39 is 31.7 Å². The van der Waals surface area contributed by atoms with E-state index in [-0.39, 0.29) is 29.4 Å². The molecule has 0 saturated carbocycles. The standard InChI is InChI=1S/C21H24Br2NO7P/c1-10(2)6-16(20(27)28)24-19(26)13-9-12(4-5-17(13)25)31-18-14(22)7-11(8-15(18)23)21(3,29)32-30/h4-5,7-10,16,25,29H,6,32H2,1-3H3,(H,24,26)(H,27,28). The Morgan fingerprint density at radius 1 is 1.19 bits per heavy atom. The van der Waals surface area contributed by atoms with Crippen molar-refractivity contribution in [3.63, 3.8) is 0 Å². The van der Waals surface area contributed by atoms with Crippen LogP contribution in [0.2, 0.25) is 0 Å². The van der Waals surface area contributed by atoms with E-state index in [1.807, 2.05) is 13.8 Å². The number of rotatable bonds is 9. The Labute approximate surface area is 203 Å². The van der Waals surface area contributed by atoms with Crippen molar-refractivity contribution in [1.82, 2.24) is 5.32 Å². The summed E-state index contributed by atoms with van der Waals surface area (Å²) >= 11 is 6.72. The first-order valence-corrected chi connectivity index (χ1v) is 12.2. The molecule has 2 aromatic rings. The zero-order valence-corrected chi connectivity index (χ0v) is 21.9. The minimum atomic E-state index is -1.48. The number of hydrogen-bond acceptors (Lipinski definition) is 6. The van der Waals surface area contributed by atoms with Crippen molar-refractivity contribution in [1.29, 1.82) is 0 Å². The first kappa shape index (κ1) is 26.4. The molecule has 0 aliphatic heterocycles. The Morgan fingerprint density at radius 3 is 2.28 bits per heavy atom. The zero-order valence-electron chi connectivity index (χ0n) is 17.6. The van der Waals surface area contributed by atoms with Crippen LogP contribution in [0.1, 0.15) is 43.1 Å². The summed E-state index contributed by atoms with van der Waals surface area (Å²) < 4.78 is 18.1. The summed E-state index contributed by atoms with van der Waals surface area (Å²) in [5.41, 5.74) is 0.281. The highest BCUT2D eigenvalue weighted by atomic mass is 79.9. The molecular formula is C21H24Br2NO7P. The van der Waals surface area contributed by atoms with E-state index in [1.54, 1.807) is 12.1 Å². The normalized spacial score (nSPS) is 14.3. The molecule has 0 aliphatic rings. The molecule has 8 nitrogen and oxygen atoms in total. The number of carboxylic acids is 1. The summed E-state index contributed by atoms with van der Waals surface area (Å²) in [5.74, 6) is -1.66. The molecular weight excluding hydrogens is 569 g/mol. The minimum Gasteiger partial charge on any atom is -0.507 e. The van der Waals surface area contributed by atoms with Crippen molar-refractivity contribution >= 4 is 52.2 Å². The summed E-state index contributed by atoms with van der Waals surface area (Å²) in [5, 5.41) is 30.7. The number of nitrogens with one attached hydrogen (secondary N) is 1. The van der Waals surface area contributed by atoms with Gasteiger partial charge in [-0.05, 0) is 87.0 Å². The number of aromatic hydroxyl groups is 1. The maximum Gasteiger partial charge on any atom is 0.326 e. The van der Waals surface area contributed by atoms with E-state index in [1.165, 1.54) is 25.1 Å². The fourth-order valence-electron chi connectivity index (χ4n) is 2.82. The first-order valence-electron chi connectivity index (χ1n) is 9.58. The molecule has 32 heavy (non-hydrogen) atoms. The second-order valence-corrected chi connectivity index (χ2v) is 10.9. The lowest BCUT2D eigenvalue weighted by molar-refractivity contribution is -0.139. The second-order valence-electron chi connectivity index (χ2n) is 7.81. The molecule has 0 fully saturated rings. The van der Waals surface area contributed by atoms with Gasteiger partial charge in [-0.3, -0.25) is 4.79 Å². The summed E-state index contributed by atoms with van der Waals surface area (Å²) in [7, 11) is -1.48. The Kier molecular flexibility index (Phi) is 8.93. The smallest absolute Gasteiger partial charge is 0.326 e. The molecule has 4 N–H and O–H groups in total. The Balaban J connectivity index is 2.33. The molecule has 2 aromatic carbocycles. The van der Waals surface area contributed by atoms with Crippen molar-refractivity contribution in [2.24, 2.45) is 5.92 Å². The van der Waals surface area contributed by atoms with E-state index in [2.05, 4.69) is 37.2 Å². The molecule has 0 aliphatic carbocycles. The van der Waals surface area contributed by atoms with Gasteiger partial charge in [0.2, 0.25) is 0 Å².